The van der Waals surface area contributed by atoms with Crippen LogP contribution in [0.25, 0.3) is 11.0 Å². The summed E-state index contributed by atoms with van der Waals surface area (Å²) in [6.45, 7) is 24.6. The summed E-state index contributed by atoms with van der Waals surface area (Å²) < 4.78 is 80.0. The molecule has 41 heteroatoms. The number of ketones is 1. The van der Waals surface area contributed by atoms with Crippen LogP contribution in [0.5, 0.6) is 17.8 Å². The minimum absolute atomic E-state index is 0. The molecule has 5 aromatic rings. The number of β-amino-alcohol motifs (C(OH)–C–C–N with tert-alkyl or cyclic N) is 1. The van der Waals surface area contributed by atoms with Gasteiger partial charge in [-0.3, -0.25) is 38.5 Å². The van der Waals surface area contributed by atoms with E-state index in [1.807, 2.05) is 12.1 Å². The Bertz CT molecular complexity index is 4420. The number of aliphatic hydroxyl groups excluding tert-OH is 1. The van der Waals surface area contributed by atoms with Crippen molar-refractivity contribution < 1.29 is 130 Å². The molecule has 7 heterocycles. The van der Waals surface area contributed by atoms with Crippen molar-refractivity contribution >= 4 is 114 Å². The molecule has 10 atom stereocenters. The summed E-state index contributed by atoms with van der Waals surface area (Å²) in [6, 6.07) is 8.71. The molecular formula is C69H92Cl3N14NaO21S2. The Balaban J connectivity index is 0.000000282. The molecule has 7 aliphatic rings. The van der Waals surface area contributed by atoms with Gasteiger partial charge < -0.3 is 45.3 Å². The Morgan fingerprint density at radius 2 is 1.07 bits per heavy atom. The molecule has 0 spiro atoms. The number of allylic oxidation sites excluding steroid dienone is 2. The standard InChI is InChI=1S/C30H35N7O8S.C14H18ClN3O5.C10H17NO5.C10H15NO3S.C4H2Cl2N2.CH4.Na.H/c1-5-18-15-30(18,26(39)34-46(41,42)20-10-11-20)16-24(38)23-14-19(17-36(23)28(40)44-29(2,3)4)43-25-12-13-31-27(32-25)45-37-22-9-7-6-8-21(22)33-35-37;1-14(2,3)23-13(21)18-7-8(6-9(18)11(19)20)22-10-4-5-16-12(15)17-10;1-10(2,3)16-9(15)11-5-6(12)4-7(11)8(13)14;1-3-7-6-10(7,2)9(12)11-15(13,14)8-4-5-8;5-3-1-2-7-4(6)8-3;;;/h5-9,12-13,18-20,23H,1,10-11,14-17H2,2-4H3,(H,34,39);4-5,8-9H,6-7H2,1-3H3,(H,19,20);6-7,12H,4-5H2,1-3H3,(H,13,14);3,7-8H,1,4-6H2,2H3,(H,11,12);1-2H;1H4;;/q;;;;;;+1;-1/t18?,19-,23+,30?;8-,9+;6-,7+;;;;;/m111...../s1. The van der Waals surface area contributed by atoms with Gasteiger partial charge >= 0.3 is 65.8 Å². The first-order valence-corrected chi connectivity index (χ1v) is 38.4. The van der Waals surface area contributed by atoms with Crippen LogP contribution in [-0.4, -0.2) is 223 Å². The van der Waals surface area contributed by atoms with Crippen molar-refractivity contribution in [3.63, 3.8) is 0 Å². The van der Waals surface area contributed by atoms with E-state index >= 15 is 0 Å². The van der Waals surface area contributed by atoms with E-state index in [9.17, 15) is 65.4 Å². The monoisotopic (exact) mass is 1640 g/mol. The summed E-state index contributed by atoms with van der Waals surface area (Å²) in [4.78, 5) is 132. The van der Waals surface area contributed by atoms with E-state index < -0.39 is 131 Å². The molecule has 4 saturated carbocycles. The molecule has 5 N–H and O–H groups in total. The van der Waals surface area contributed by atoms with Crippen molar-refractivity contribution in [1.29, 1.82) is 0 Å². The van der Waals surface area contributed by atoms with Crippen LogP contribution in [0.4, 0.5) is 14.4 Å². The third kappa shape index (κ3) is 25.4. The second kappa shape index (κ2) is 37.0. The number of benzene rings is 1. The van der Waals surface area contributed by atoms with Crippen LogP contribution in [0.2, 0.25) is 15.7 Å². The number of rotatable bonds is 19. The number of amides is 5. The number of para-hydroxylation sites is 1. The molecule has 12 rings (SSSR count). The number of fused-ring (bicyclic) bond motifs is 1. The molecule has 7 fully saturated rings. The maximum absolute atomic E-state index is 13.9. The average molecular weight is 1650 g/mol. The summed E-state index contributed by atoms with van der Waals surface area (Å²) in [6.07, 6.45) is 6.83. The summed E-state index contributed by atoms with van der Waals surface area (Å²) in [5.74, 6) is -3.64. The van der Waals surface area contributed by atoms with Crippen molar-refractivity contribution in [3.05, 3.63) is 102 Å². The van der Waals surface area contributed by atoms with Gasteiger partial charge in [-0.2, -0.15) is 9.97 Å². The molecule has 4 aliphatic carbocycles. The third-order valence-corrected chi connectivity index (χ3v) is 21.6. The van der Waals surface area contributed by atoms with Crippen LogP contribution in [0.15, 0.2) is 86.4 Å². The molecule has 3 aliphatic heterocycles. The zero-order valence-electron chi connectivity index (χ0n) is 62.8. The molecule has 4 aromatic heterocycles. The van der Waals surface area contributed by atoms with Gasteiger partial charge in [-0.25, -0.2) is 60.7 Å². The molecule has 0 radical (unpaired) electrons. The molecule has 4 unspecified atom stereocenters. The van der Waals surface area contributed by atoms with Gasteiger partial charge in [0.2, 0.25) is 54.2 Å². The average Bonchev–Trinajstić information content (AvgIpc) is 1.57. The number of carboxylic acids is 2. The molecule has 35 nitrogen and oxygen atoms in total. The predicted octanol–water partition coefficient (Wildman–Crippen LogP) is 5.34. The normalized spacial score (nSPS) is 23.7. The molecule has 110 heavy (non-hydrogen) atoms. The van der Waals surface area contributed by atoms with E-state index in [2.05, 4.69) is 62.8 Å². The van der Waals surface area contributed by atoms with Gasteiger partial charge in [-0.1, -0.05) is 55.1 Å². The number of aliphatic carboxylic acids is 2. The first-order valence-electron chi connectivity index (χ1n) is 34.1. The van der Waals surface area contributed by atoms with Crippen LogP contribution >= 0.6 is 34.8 Å². The Hall–Kier alpha value is -8.17. The Morgan fingerprint density at radius 3 is 1.53 bits per heavy atom. The minimum atomic E-state index is -3.82. The van der Waals surface area contributed by atoms with Crippen LogP contribution in [0, 0.1) is 22.7 Å². The molecule has 598 valence electrons. The van der Waals surface area contributed by atoms with E-state index in [0.29, 0.717) is 48.3 Å². The number of carboxylic acid groups (broad SMARTS) is 2. The SMILES string of the molecule is C.C=CC1CC1(C)C(=O)NS(=O)(=O)C1CC1.C=CC1CC1(CC(=O)[C@@H]1C[C@@H](Oc2ccnc(On3nnc4ccccc43)n2)CN1C(=O)OC(C)(C)C)C(=O)NS(=O)(=O)C1CC1.CC(C)(C)OC(=O)N1C[C@H](O)C[C@H]1C(=O)O.CC(C)(C)OC(=O)N1C[C@H](Oc2ccnc(Cl)n2)C[C@H]1C(=O)O.Clc1ccnc(Cl)n1.[H-].[Na+]. The van der Waals surface area contributed by atoms with E-state index in [4.69, 9.17) is 68.4 Å². The second-order valence-electron chi connectivity index (χ2n) is 29.7. The number of sulfonamides is 2. The Labute approximate surface area is 675 Å². The zero-order chi connectivity index (χ0) is 79.8. The number of ether oxygens (including phenoxy) is 5. The largest absolute Gasteiger partial charge is 1.00 e. The first kappa shape index (κ1) is 90.7. The van der Waals surface area contributed by atoms with Gasteiger partial charge in [0.25, 0.3) is 0 Å². The van der Waals surface area contributed by atoms with Gasteiger partial charge in [0, 0.05) is 56.4 Å². The summed E-state index contributed by atoms with van der Waals surface area (Å²) in [7, 11) is -7.21. The summed E-state index contributed by atoms with van der Waals surface area (Å²) >= 11 is 16.4. The number of nitrogens with zero attached hydrogens (tertiary/aromatic N) is 12. The number of carbonyl (C=O) groups excluding carboxylic acids is 6. The van der Waals surface area contributed by atoms with Gasteiger partial charge in [-0.05, 0) is 159 Å². The predicted molar refractivity (Wildman–Crippen MR) is 394 cm³/mol. The van der Waals surface area contributed by atoms with Gasteiger partial charge in [0.05, 0.1) is 53.1 Å². The van der Waals surface area contributed by atoms with Crippen LogP contribution < -0.4 is 53.3 Å². The summed E-state index contributed by atoms with van der Waals surface area (Å²) in [5, 5.41) is 35.2. The Kier molecular flexibility index (Phi) is 30.5. The van der Waals surface area contributed by atoms with E-state index in [0.717, 1.165) is 9.80 Å². The topological polar surface area (TPSA) is 463 Å². The van der Waals surface area contributed by atoms with Gasteiger partial charge in [0.15, 0.2) is 5.78 Å². The molecule has 1 aromatic carbocycles. The zero-order valence-corrected chi connectivity index (χ0v) is 67.7. The number of aliphatic hydroxyl groups is 1. The number of aromatic nitrogens is 9. The molecule has 5 amide bonds. The number of likely N-dealkylation sites (tertiary alicyclic amines) is 3. The Morgan fingerprint density at radius 1 is 0.618 bits per heavy atom. The molecular weight excluding hydrogens is 1550 g/mol. The van der Waals surface area contributed by atoms with Crippen LogP contribution in [-0.2, 0) is 58.2 Å². The molecule has 0 bridgehead atoms. The van der Waals surface area contributed by atoms with Crippen molar-refractivity contribution in [3.8, 4) is 17.8 Å². The number of hydrogen-bond acceptors (Lipinski definition) is 27. The van der Waals surface area contributed by atoms with Crippen molar-refractivity contribution in [1.82, 2.24) is 69.2 Å². The fourth-order valence-electron chi connectivity index (χ4n) is 11.4. The van der Waals surface area contributed by atoms with Crippen LogP contribution in [0.3, 0.4) is 0 Å². The fraction of sp³-hybridized carbons (Fsp3) is 0.565. The quantitative estimate of drug-likeness (QED) is 0.0229. The number of hydrogen-bond donors (Lipinski definition) is 5. The van der Waals surface area contributed by atoms with Crippen molar-refractivity contribution in [2.24, 2.45) is 22.7 Å². The maximum atomic E-state index is 13.9. The van der Waals surface area contributed by atoms with E-state index in [-0.39, 0.29) is 141 Å². The van der Waals surface area contributed by atoms with Crippen molar-refractivity contribution in [2.45, 2.75) is 205 Å². The van der Waals surface area contributed by atoms with Gasteiger partial charge in [-0.15, -0.1) is 18.3 Å². The number of Topliss-reactive ketones (excluding diaryl/α,β-unsaturated/α-hetero) is 1. The number of nitrogens with one attached hydrogen (secondary N) is 2. The first-order chi connectivity index (χ1) is 50.3. The fourth-order valence-corrected chi connectivity index (χ4v) is 14.7. The smallest absolute Gasteiger partial charge is 1.00 e. The molecule has 3 saturated heterocycles. The van der Waals surface area contributed by atoms with E-state index in [1.54, 1.807) is 99.6 Å². The second-order valence-corrected chi connectivity index (χ2v) is 34.6. The summed E-state index contributed by atoms with van der Waals surface area (Å²) in [5.41, 5.74) is -2.81. The van der Waals surface area contributed by atoms with E-state index in [1.165, 1.54) is 40.5 Å². The van der Waals surface area contributed by atoms with Gasteiger partial charge in [0.1, 0.15) is 57.3 Å². The maximum Gasteiger partial charge on any atom is 1.00 e. The van der Waals surface area contributed by atoms with Crippen LogP contribution in [0.1, 0.15) is 142 Å². The van der Waals surface area contributed by atoms with Crippen molar-refractivity contribution in [2.75, 3.05) is 19.6 Å². The number of carbonyl (C=O) groups is 8. The third-order valence-electron chi connectivity index (χ3n) is 17.4. The minimum Gasteiger partial charge on any atom is -1.00 e. The number of halogens is 3.